The van der Waals surface area contributed by atoms with Crippen LogP contribution in [0.1, 0.15) is 29.0 Å². The summed E-state index contributed by atoms with van der Waals surface area (Å²) in [6, 6.07) is 6.32. The second-order valence-corrected chi connectivity index (χ2v) is 5.31. The first-order valence-corrected chi connectivity index (χ1v) is 6.58. The summed E-state index contributed by atoms with van der Waals surface area (Å²) in [6.45, 7) is 1.40. The van der Waals surface area contributed by atoms with Crippen molar-refractivity contribution in [1.29, 1.82) is 5.26 Å². The lowest BCUT2D eigenvalue weighted by atomic mass is 10.3. The van der Waals surface area contributed by atoms with Gasteiger partial charge in [0.25, 0.3) is 0 Å². The van der Waals surface area contributed by atoms with Crippen LogP contribution in [0.25, 0.3) is 0 Å². The predicted molar refractivity (Wildman–Crippen MR) is 66.5 cm³/mol. The number of amides is 1. The van der Waals surface area contributed by atoms with Gasteiger partial charge < -0.3 is 10.6 Å². The molecular weight excluding hydrogens is 234 g/mol. The van der Waals surface area contributed by atoms with Crippen molar-refractivity contribution < 1.29 is 4.79 Å². The molecular formula is C12H15N3OS. The summed E-state index contributed by atoms with van der Waals surface area (Å²) in [5.74, 6) is 0.129. The van der Waals surface area contributed by atoms with E-state index in [9.17, 15) is 4.79 Å². The van der Waals surface area contributed by atoms with E-state index < -0.39 is 0 Å². The number of carbonyl (C=O) groups is 1. The number of hydrogen-bond donors (Lipinski definition) is 2. The van der Waals surface area contributed by atoms with Gasteiger partial charge in [-0.3, -0.25) is 4.79 Å². The molecule has 17 heavy (non-hydrogen) atoms. The van der Waals surface area contributed by atoms with E-state index in [0.29, 0.717) is 19.0 Å². The van der Waals surface area contributed by atoms with Crippen LogP contribution in [0, 0.1) is 11.3 Å². The third-order valence-corrected chi connectivity index (χ3v) is 3.53. The van der Waals surface area contributed by atoms with Gasteiger partial charge in [0, 0.05) is 30.4 Å². The predicted octanol–water partition coefficient (Wildman–Crippen LogP) is 1.38. The van der Waals surface area contributed by atoms with Crippen LogP contribution >= 0.6 is 11.3 Å². The molecule has 0 unspecified atom stereocenters. The maximum absolute atomic E-state index is 11.4. The first kappa shape index (κ1) is 12.1. The van der Waals surface area contributed by atoms with Gasteiger partial charge in [-0.2, -0.15) is 5.26 Å². The fourth-order valence-corrected chi connectivity index (χ4v) is 2.25. The summed E-state index contributed by atoms with van der Waals surface area (Å²) in [7, 11) is 0. The normalized spacial score (nSPS) is 14.3. The number of thiophene rings is 1. The quantitative estimate of drug-likeness (QED) is 0.749. The van der Waals surface area contributed by atoms with Crippen molar-refractivity contribution >= 4 is 17.2 Å². The standard InChI is InChI=1S/C12H15N3OS/c13-7-10-3-4-11(17-10)8-14-6-5-12(16)15-9-1-2-9/h3-4,9,14H,1-2,5-6,8H2,(H,15,16). The molecule has 4 nitrogen and oxygen atoms in total. The third-order valence-electron chi connectivity index (χ3n) is 2.54. The van der Waals surface area contributed by atoms with Crippen molar-refractivity contribution in [2.45, 2.75) is 31.8 Å². The summed E-state index contributed by atoms with van der Waals surface area (Å²) in [5.41, 5.74) is 0. The number of nitriles is 1. The van der Waals surface area contributed by atoms with Crippen molar-refractivity contribution in [1.82, 2.24) is 10.6 Å². The van der Waals surface area contributed by atoms with Crippen LogP contribution in [0.5, 0.6) is 0 Å². The summed E-state index contributed by atoms with van der Waals surface area (Å²) in [5, 5.41) is 14.8. The molecule has 0 saturated heterocycles. The molecule has 1 saturated carbocycles. The Kier molecular flexibility index (Phi) is 4.13. The van der Waals surface area contributed by atoms with E-state index >= 15 is 0 Å². The van der Waals surface area contributed by atoms with Crippen LogP contribution in [0.15, 0.2) is 12.1 Å². The maximum atomic E-state index is 11.4. The highest BCUT2D eigenvalue weighted by Crippen LogP contribution is 2.18. The number of nitrogens with zero attached hydrogens (tertiary/aromatic N) is 1. The van der Waals surface area contributed by atoms with E-state index in [4.69, 9.17) is 5.26 Å². The zero-order chi connectivity index (χ0) is 12.1. The second kappa shape index (κ2) is 5.80. The van der Waals surface area contributed by atoms with Gasteiger partial charge in [0.15, 0.2) is 0 Å². The lowest BCUT2D eigenvalue weighted by molar-refractivity contribution is -0.121. The summed E-state index contributed by atoms with van der Waals surface area (Å²) in [4.78, 5) is 13.2. The topological polar surface area (TPSA) is 64.9 Å². The molecule has 2 N–H and O–H groups in total. The number of carbonyl (C=O) groups excluding carboxylic acids is 1. The van der Waals surface area contributed by atoms with E-state index in [1.165, 1.54) is 11.3 Å². The second-order valence-electron chi connectivity index (χ2n) is 4.15. The fourth-order valence-electron chi connectivity index (χ4n) is 1.47. The van der Waals surface area contributed by atoms with Gasteiger partial charge in [-0.05, 0) is 25.0 Å². The summed E-state index contributed by atoms with van der Waals surface area (Å²) in [6.07, 6.45) is 2.78. The molecule has 0 aliphatic heterocycles. The molecule has 1 aromatic heterocycles. The molecule has 0 bridgehead atoms. The molecule has 1 heterocycles. The Morgan fingerprint density at radius 1 is 1.53 bits per heavy atom. The van der Waals surface area contributed by atoms with Gasteiger partial charge in [0.05, 0.1) is 0 Å². The monoisotopic (exact) mass is 249 g/mol. The Bertz CT molecular complexity index is 431. The Balaban J connectivity index is 1.59. The Labute approximate surface area is 105 Å². The molecule has 0 atom stereocenters. The zero-order valence-corrected chi connectivity index (χ0v) is 10.3. The van der Waals surface area contributed by atoms with Crippen LogP contribution in [0.4, 0.5) is 0 Å². The molecule has 5 heteroatoms. The van der Waals surface area contributed by atoms with Crippen LogP contribution in [-0.2, 0) is 11.3 Å². The van der Waals surface area contributed by atoms with Crippen LogP contribution < -0.4 is 10.6 Å². The molecule has 1 aromatic rings. The Morgan fingerprint density at radius 2 is 2.35 bits per heavy atom. The summed E-state index contributed by atoms with van der Waals surface area (Å²) >= 11 is 1.49. The van der Waals surface area contributed by atoms with Gasteiger partial charge in [-0.15, -0.1) is 11.3 Å². The zero-order valence-electron chi connectivity index (χ0n) is 9.53. The molecule has 1 aliphatic rings. The fraction of sp³-hybridized carbons (Fsp3) is 0.500. The average Bonchev–Trinajstić information content (AvgIpc) is 3.01. The van der Waals surface area contributed by atoms with Crippen LogP contribution in [-0.4, -0.2) is 18.5 Å². The maximum Gasteiger partial charge on any atom is 0.221 e. The molecule has 2 rings (SSSR count). The SMILES string of the molecule is N#Cc1ccc(CNCCC(=O)NC2CC2)s1. The van der Waals surface area contributed by atoms with Crippen molar-refractivity contribution in [3.8, 4) is 6.07 Å². The Morgan fingerprint density at radius 3 is 3.00 bits per heavy atom. The molecule has 1 aliphatic carbocycles. The molecule has 0 aromatic carbocycles. The highest BCUT2D eigenvalue weighted by molar-refractivity contribution is 7.12. The van der Waals surface area contributed by atoms with E-state index in [1.807, 2.05) is 12.1 Å². The third kappa shape index (κ3) is 4.17. The number of hydrogen-bond acceptors (Lipinski definition) is 4. The van der Waals surface area contributed by atoms with Gasteiger partial charge in [-0.1, -0.05) is 0 Å². The number of rotatable bonds is 6. The molecule has 0 spiro atoms. The van der Waals surface area contributed by atoms with E-state index in [0.717, 1.165) is 29.1 Å². The molecule has 1 amide bonds. The highest BCUT2D eigenvalue weighted by atomic mass is 32.1. The smallest absolute Gasteiger partial charge is 0.221 e. The van der Waals surface area contributed by atoms with Crippen molar-refractivity contribution in [2.75, 3.05) is 6.54 Å². The largest absolute Gasteiger partial charge is 0.353 e. The van der Waals surface area contributed by atoms with Crippen molar-refractivity contribution in [3.63, 3.8) is 0 Å². The minimum Gasteiger partial charge on any atom is -0.353 e. The average molecular weight is 249 g/mol. The van der Waals surface area contributed by atoms with Crippen LogP contribution in [0.3, 0.4) is 0 Å². The Hall–Kier alpha value is -1.38. The van der Waals surface area contributed by atoms with E-state index in [-0.39, 0.29) is 5.91 Å². The lowest BCUT2D eigenvalue weighted by Crippen LogP contribution is -2.28. The number of nitrogens with one attached hydrogen (secondary N) is 2. The lowest BCUT2D eigenvalue weighted by Gasteiger charge is -2.04. The van der Waals surface area contributed by atoms with Crippen molar-refractivity contribution in [2.24, 2.45) is 0 Å². The molecule has 0 radical (unpaired) electrons. The summed E-state index contributed by atoms with van der Waals surface area (Å²) < 4.78 is 0. The van der Waals surface area contributed by atoms with Gasteiger partial charge in [0.1, 0.15) is 10.9 Å². The van der Waals surface area contributed by atoms with Gasteiger partial charge in [-0.25, -0.2) is 0 Å². The first-order valence-electron chi connectivity index (χ1n) is 5.77. The van der Waals surface area contributed by atoms with Crippen molar-refractivity contribution in [3.05, 3.63) is 21.9 Å². The minimum atomic E-state index is 0.129. The minimum absolute atomic E-state index is 0.129. The van der Waals surface area contributed by atoms with E-state index in [2.05, 4.69) is 16.7 Å². The van der Waals surface area contributed by atoms with Crippen LogP contribution in [0.2, 0.25) is 0 Å². The first-order chi connectivity index (χ1) is 8.28. The highest BCUT2D eigenvalue weighted by Gasteiger charge is 2.22. The molecule has 90 valence electrons. The van der Waals surface area contributed by atoms with E-state index in [1.54, 1.807) is 0 Å². The molecule has 1 fully saturated rings. The van der Waals surface area contributed by atoms with Gasteiger partial charge >= 0.3 is 0 Å². The van der Waals surface area contributed by atoms with Gasteiger partial charge in [0.2, 0.25) is 5.91 Å².